The van der Waals surface area contributed by atoms with Crippen molar-refractivity contribution in [3.8, 4) is 0 Å². The van der Waals surface area contributed by atoms with E-state index in [0.29, 0.717) is 25.1 Å². The van der Waals surface area contributed by atoms with Gasteiger partial charge in [-0.15, -0.1) is 0 Å². The molecule has 150 valence electrons. The molecule has 0 unspecified atom stereocenters. The maximum absolute atomic E-state index is 12.6. The minimum absolute atomic E-state index is 0.116. The molecule has 6 nitrogen and oxygen atoms in total. The molecule has 0 saturated carbocycles. The first-order chi connectivity index (χ1) is 13.4. The van der Waals surface area contributed by atoms with Crippen molar-refractivity contribution >= 4 is 33.2 Å². The van der Waals surface area contributed by atoms with E-state index >= 15 is 0 Å². The lowest BCUT2D eigenvalue weighted by molar-refractivity contribution is 0.0916. The first kappa shape index (κ1) is 20.6. The summed E-state index contributed by atoms with van der Waals surface area (Å²) < 4.78 is 25.8. The van der Waals surface area contributed by atoms with Crippen molar-refractivity contribution in [1.29, 1.82) is 0 Å². The number of carbonyl (C=O) groups excluding carboxylic acids is 1. The molecule has 1 amide bonds. The van der Waals surface area contributed by atoms with Crippen LogP contribution in [0.4, 0.5) is 5.69 Å². The fourth-order valence-electron chi connectivity index (χ4n) is 3.25. The minimum atomic E-state index is -3.34. The molecule has 0 radical (unpaired) electrons. The van der Waals surface area contributed by atoms with Crippen molar-refractivity contribution in [3.63, 3.8) is 0 Å². The van der Waals surface area contributed by atoms with Crippen molar-refractivity contribution in [2.75, 3.05) is 23.2 Å². The van der Waals surface area contributed by atoms with E-state index in [9.17, 15) is 18.3 Å². The number of anilines is 1. The normalized spacial score (nSPS) is 17.1. The standard InChI is InChI=1S/C20H23ClN2O4S/c21-19-13-17(23-10-4-5-11-28(23,26)27)8-9-18(19)20(25)22-16(14-24)12-15-6-2-1-3-7-15/h1-3,6-9,13,16,24H,4-5,10-12,14H2,(H,22,25)/t16-/m1/s1. The number of aliphatic hydroxyl groups is 1. The van der Waals surface area contributed by atoms with Crippen LogP contribution < -0.4 is 9.62 Å². The smallest absolute Gasteiger partial charge is 0.253 e. The van der Waals surface area contributed by atoms with Crippen molar-refractivity contribution in [2.24, 2.45) is 0 Å². The van der Waals surface area contributed by atoms with Crippen LogP contribution in [-0.2, 0) is 16.4 Å². The third-order valence-corrected chi connectivity index (χ3v) is 6.90. The van der Waals surface area contributed by atoms with E-state index in [-0.39, 0.29) is 22.9 Å². The van der Waals surface area contributed by atoms with Gasteiger partial charge >= 0.3 is 0 Å². The average Bonchev–Trinajstić information content (AvgIpc) is 2.67. The Kier molecular flexibility index (Phi) is 6.59. The summed E-state index contributed by atoms with van der Waals surface area (Å²) in [6.07, 6.45) is 1.93. The third-order valence-electron chi connectivity index (χ3n) is 4.72. The van der Waals surface area contributed by atoms with E-state index in [0.717, 1.165) is 12.0 Å². The average molecular weight is 423 g/mol. The number of sulfonamides is 1. The molecule has 1 aliphatic heterocycles. The van der Waals surface area contributed by atoms with Gasteiger partial charge in [0, 0.05) is 6.54 Å². The number of halogens is 1. The summed E-state index contributed by atoms with van der Waals surface area (Å²) in [5.41, 5.74) is 1.70. The quantitative estimate of drug-likeness (QED) is 0.749. The Morgan fingerprint density at radius 3 is 2.57 bits per heavy atom. The van der Waals surface area contributed by atoms with Crippen LogP contribution in [-0.4, -0.2) is 44.4 Å². The van der Waals surface area contributed by atoms with Crippen LogP contribution in [0.25, 0.3) is 0 Å². The van der Waals surface area contributed by atoms with Crippen molar-refractivity contribution in [2.45, 2.75) is 25.3 Å². The van der Waals surface area contributed by atoms with Crippen LogP contribution >= 0.6 is 11.6 Å². The number of hydrogen-bond acceptors (Lipinski definition) is 4. The molecular formula is C20H23ClN2O4S. The number of carbonyl (C=O) groups is 1. The van der Waals surface area contributed by atoms with E-state index < -0.39 is 22.0 Å². The summed E-state index contributed by atoms with van der Waals surface area (Å²) in [4.78, 5) is 12.6. The molecular weight excluding hydrogens is 400 g/mol. The number of benzene rings is 2. The Morgan fingerprint density at radius 2 is 1.93 bits per heavy atom. The molecule has 2 aromatic carbocycles. The molecule has 0 bridgehead atoms. The number of nitrogens with zero attached hydrogens (tertiary/aromatic N) is 1. The van der Waals surface area contributed by atoms with Gasteiger partial charge in [0.1, 0.15) is 0 Å². The molecule has 3 rings (SSSR count). The van der Waals surface area contributed by atoms with Crippen molar-refractivity contribution in [3.05, 3.63) is 64.7 Å². The molecule has 1 fully saturated rings. The molecule has 0 spiro atoms. The lowest BCUT2D eigenvalue weighted by atomic mass is 10.1. The fraction of sp³-hybridized carbons (Fsp3) is 0.350. The molecule has 2 aromatic rings. The lowest BCUT2D eigenvalue weighted by Gasteiger charge is -2.28. The van der Waals surface area contributed by atoms with E-state index in [4.69, 9.17) is 11.6 Å². The summed E-state index contributed by atoms with van der Waals surface area (Å²) in [5, 5.41) is 12.6. The van der Waals surface area contributed by atoms with Crippen LogP contribution in [0, 0.1) is 0 Å². The zero-order valence-electron chi connectivity index (χ0n) is 15.3. The fourth-order valence-corrected chi connectivity index (χ4v) is 5.14. The molecule has 1 heterocycles. The highest BCUT2D eigenvalue weighted by molar-refractivity contribution is 7.92. The van der Waals surface area contributed by atoms with Gasteiger partial charge in [-0.1, -0.05) is 41.9 Å². The molecule has 28 heavy (non-hydrogen) atoms. The van der Waals surface area contributed by atoms with Gasteiger partial charge in [-0.2, -0.15) is 0 Å². The molecule has 8 heteroatoms. The van der Waals surface area contributed by atoms with Crippen LogP contribution in [0.3, 0.4) is 0 Å². The largest absolute Gasteiger partial charge is 0.394 e. The molecule has 0 aromatic heterocycles. The van der Waals surface area contributed by atoms with Crippen LogP contribution in [0.15, 0.2) is 48.5 Å². The molecule has 1 aliphatic rings. The summed E-state index contributed by atoms with van der Waals surface area (Å²) in [7, 11) is -3.34. The van der Waals surface area contributed by atoms with E-state index in [2.05, 4.69) is 5.32 Å². The Balaban J connectivity index is 1.73. The molecule has 1 atom stereocenters. The summed E-state index contributed by atoms with van der Waals surface area (Å²) in [6, 6.07) is 13.7. The number of rotatable bonds is 6. The number of amides is 1. The highest BCUT2D eigenvalue weighted by atomic mass is 35.5. The maximum Gasteiger partial charge on any atom is 0.253 e. The second kappa shape index (κ2) is 8.94. The highest BCUT2D eigenvalue weighted by Gasteiger charge is 2.27. The third kappa shape index (κ3) is 4.84. The Morgan fingerprint density at radius 1 is 1.18 bits per heavy atom. The predicted octanol–water partition coefficient (Wildman–Crippen LogP) is 2.60. The van der Waals surface area contributed by atoms with Gasteiger partial charge in [-0.3, -0.25) is 9.10 Å². The van der Waals surface area contributed by atoms with Crippen molar-refractivity contribution < 1.29 is 18.3 Å². The van der Waals surface area contributed by atoms with Gasteiger partial charge in [0.2, 0.25) is 10.0 Å². The Bertz CT molecular complexity index is 934. The minimum Gasteiger partial charge on any atom is -0.394 e. The Hall–Kier alpha value is -2.09. The summed E-state index contributed by atoms with van der Waals surface area (Å²) in [5.74, 6) is -0.294. The predicted molar refractivity (Wildman–Crippen MR) is 110 cm³/mol. The zero-order chi connectivity index (χ0) is 20.1. The van der Waals surface area contributed by atoms with E-state index in [1.807, 2.05) is 30.3 Å². The second-order valence-corrected chi connectivity index (χ2v) is 9.22. The van der Waals surface area contributed by atoms with E-state index in [1.165, 1.54) is 16.4 Å². The van der Waals surface area contributed by atoms with Gasteiger partial charge in [-0.25, -0.2) is 8.42 Å². The Labute approximate surface area is 170 Å². The van der Waals surface area contributed by atoms with Gasteiger partial charge in [0.05, 0.1) is 34.7 Å². The molecule has 1 saturated heterocycles. The number of nitrogens with one attached hydrogen (secondary N) is 1. The van der Waals surface area contributed by atoms with Crippen LogP contribution in [0.1, 0.15) is 28.8 Å². The number of hydrogen-bond donors (Lipinski definition) is 2. The maximum atomic E-state index is 12.6. The van der Waals surface area contributed by atoms with Crippen molar-refractivity contribution in [1.82, 2.24) is 5.32 Å². The zero-order valence-corrected chi connectivity index (χ0v) is 16.9. The van der Waals surface area contributed by atoms with Crippen LogP contribution in [0.2, 0.25) is 5.02 Å². The SMILES string of the molecule is O=C(N[C@@H](CO)Cc1ccccc1)c1ccc(N2CCCCS2(=O)=O)cc1Cl. The molecule has 0 aliphatic carbocycles. The summed E-state index contributed by atoms with van der Waals surface area (Å²) in [6.45, 7) is 0.205. The first-order valence-corrected chi connectivity index (χ1v) is 11.1. The van der Waals surface area contributed by atoms with Gasteiger partial charge < -0.3 is 10.4 Å². The lowest BCUT2D eigenvalue weighted by Crippen LogP contribution is -2.39. The molecule has 2 N–H and O–H groups in total. The monoisotopic (exact) mass is 422 g/mol. The van der Waals surface area contributed by atoms with Crippen LogP contribution in [0.5, 0.6) is 0 Å². The summed E-state index contributed by atoms with van der Waals surface area (Å²) >= 11 is 6.28. The first-order valence-electron chi connectivity index (χ1n) is 9.16. The van der Waals surface area contributed by atoms with Gasteiger partial charge in [-0.05, 0) is 43.0 Å². The second-order valence-electron chi connectivity index (χ2n) is 6.80. The number of aliphatic hydroxyl groups excluding tert-OH is 1. The topological polar surface area (TPSA) is 86.7 Å². The van der Waals surface area contributed by atoms with E-state index in [1.54, 1.807) is 6.07 Å². The van der Waals surface area contributed by atoms with Gasteiger partial charge in [0.15, 0.2) is 0 Å². The highest BCUT2D eigenvalue weighted by Crippen LogP contribution is 2.28. The van der Waals surface area contributed by atoms with Gasteiger partial charge in [0.25, 0.3) is 5.91 Å².